The molecule has 0 N–H and O–H groups in total. The number of nitro benzene ring substituents is 1. The van der Waals surface area contributed by atoms with Gasteiger partial charge < -0.3 is 0 Å². The fraction of sp³-hybridized carbons (Fsp3) is 0.200. The monoisotopic (exact) mass is 371 g/mol. The average Bonchev–Trinajstić information content (AvgIpc) is 2.46. The molecule has 122 valence electrons. The molecule has 1 unspecified atom stereocenters. The molecule has 8 heteroatoms. The van der Waals surface area contributed by atoms with Crippen molar-refractivity contribution in [2.45, 2.75) is 22.0 Å². The highest BCUT2D eigenvalue weighted by Crippen LogP contribution is 2.42. The van der Waals surface area contributed by atoms with E-state index < -0.39 is 14.8 Å². The predicted molar refractivity (Wildman–Crippen MR) is 91.9 cm³/mol. The quantitative estimate of drug-likeness (QED) is 0.439. The molecule has 0 spiro atoms. The number of sulfone groups is 1. The largest absolute Gasteiger partial charge is 0.301 e. The summed E-state index contributed by atoms with van der Waals surface area (Å²) in [6, 6.07) is 11.5. The van der Waals surface area contributed by atoms with Crippen molar-refractivity contribution >= 4 is 38.9 Å². The molecule has 0 aromatic heterocycles. The fourth-order valence-corrected chi connectivity index (χ4v) is 4.25. The van der Waals surface area contributed by atoms with Gasteiger partial charge in [-0.3, -0.25) is 10.1 Å². The molecule has 0 amide bonds. The summed E-state index contributed by atoms with van der Waals surface area (Å²) in [5.74, 6) is 0. The van der Waals surface area contributed by atoms with Gasteiger partial charge in [0, 0.05) is 16.5 Å². The van der Waals surface area contributed by atoms with Gasteiger partial charge in [-0.05, 0) is 36.8 Å². The molecule has 0 heterocycles. The lowest BCUT2D eigenvalue weighted by atomic mass is 10.2. The van der Waals surface area contributed by atoms with E-state index in [1.54, 1.807) is 18.2 Å². The average molecular weight is 372 g/mol. The van der Waals surface area contributed by atoms with Gasteiger partial charge in [-0.1, -0.05) is 29.8 Å². The van der Waals surface area contributed by atoms with E-state index in [0.717, 1.165) is 11.8 Å². The Labute approximate surface area is 143 Å². The van der Waals surface area contributed by atoms with Crippen molar-refractivity contribution in [2.75, 3.05) is 6.26 Å². The second-order valence-corrected chi connectivity index (χ2v) is 8.75. The Bertz CT molecular complexity index is 835. The van der Waals surface area contributed by atoms with Crippen LogP contribution in [0, 0.1) is 10.1 Å². The van der Waals surface area contributed by atoms with E-state index in [1.165, 1.54) is 23.9 Å². The van der Waals surface area contributed by atoms with Crippen LogP contribution in [0.4, 0.5) is 5.69 Å². The minimum absolute atomic E-state index is 0.0965. The zero-order valence-corrected chi connectivity index (χ0v) is 14.8. The standard InChI is InChI=1S/C15H14ClNO4S2/c1-10(11-6-8-12(16)9-7-11)22-13-4-3-5-14(23(2,20)21)15(13)17(18)19/h3-10H,1-2H3. The van der Waals surface area contributed by atoms with E-state index in [9.17, 15) is 18.5 Å². The summed E-state index contributed by atoms with van der Waals surface area (Å²) in [6.45, 7) is 1.89. The number of nitrogens with zero attached hydrogens (tertiary/aromatic N) is 1. The Morgan fingerprint density at radius 1 is 1.17 bits per heavy atom. The topological polar surface area (TPSA) is 77.3 Å². The van der Waals surface area contributed by atoms with Gasteiger partial charge in [0.1, 0.15) is 4.90 Å². The first-order valence-corrected chi connectivity index (χ1v) is 9.74. The molecule has 0 aliphatic rings. The summed E-state index contributed by atoms with van der Waals surface area (Å²) < 4.78 is 23.6. The van der Waals surface area contributed by atoms with Crippen molar-refractivity contribution in [1.29, 1.82) is 0 Å². The fourth-order valence-electron chi connectivity index (χ4n) is 2.07. The maximum absolute atomic E-state index is 11.8. The van der Waals surface area contributed by atoms with Gasteiger partial charge in [0.05, 0.1) is 9.82 Å². The number of halogens is 1. The number of thioether (sulfide) groups is 1. The molecule has 0 saturated carbocycles. The molecular formula is C15H14ClNO4S2. The van der Waals surface area contributed by atoms with Crippen molar-refractivity contribution in [3.63, 3.8) is 0 Å². The van der Waals surface area contributed by atoms with Crippen LogP contribution in [0.25, 0.3) is 0 Å². The summed E-state index contributed by atoms with van der Waals surface area (Å²) in [7, 11) is -3.68. The van der Waals surface area contributed by atoms with Gasteiger partial charge in [0.25, 0.3) is 0 Å². The zero-order chi connectivity index (χ0) is 17.2. The molecule has 23 heavy (non-hydrogen) atoms. The van der Waals surface area contributed by atoms with Gasteiger partial charge in [0.15, 0.2) is 9.84 Å². The molecule has 0 aliphatic carbocycles. The van der Waals surface area contributed by atoms with Gasteiger partial charge in [-0.15, -0.1) is 11.8 Å². The van der Waals surface area contributed by atoms with Crippen LogP contribution in [-0.4, -0.2) is 19.6 Å². The van der Waals surface area contributed by atoms with Crippen LogP contribution in [0.1, 0.15) is 17.7 Å². The minimum atomic E-state index is -3.68. The lowest BCUT2D eigenvalue weighted by molar-refractivity contribution is -0.390. The van der Waals surface area contributed by atoms with Crippen molar-refractivity contribution < 1.29 is 13.3 Å². The highest BCUT2D eigenvalue weighted by atomic mass is 35.5. The molecule has 0 aliphatic heterocycles. The van der Waals surface area contributed by atoms with E-state index in [2.05, 4.69) is 0 Å². The Kier molecular flexibility index (Phi) is 5.33. The first-order chi connectivity index (χ1) is 10.7. The summed E-state index contributed by atoms with van der Waals surface area (Å²) >= 11 is 7.09. The molecular weight excluding hydrogens is 358 g/mol. The Morgan fingerprint density at radius 3 is 2.30 bits per heavy atom. The van der Waals surface area contributed by atoms with Crippen LogP contribution < -0.4 is 0 Å². The third-order valence-corrected chi connectivity index (χ3v) is 5.78. The van der Waals surface area contributed by atoms with Crippen LogP contribution in [0.15, 0.2) is 52.3 Å². The van der Waals surface area contributed by atoms with Crippen LogP contribution in [-0.2, 0) is 9.84 Å². The zero-order valence-electron chi connectivity index (χ0n) is 12.4. The van der Waals surface area contributed by atoms with Gasteiger partial charge in [-0.25, -0.2) is 8.42 Å². The SMILES string of the molecule is CC(Sc1cccc(S(C)(=O)=O)c1[N+](=O)[O-])c1ccc(Cl)cc1. The Morgan fingerprint density at radius 2 is 1.78 bits per heavy atom. The van der Waals surface area contributed by atoms with Crippen molar-refractivity contribution in [3.8, 4) is 0 Å². The first kappa shape index (κ1) is 17.8. The van der Waals surface area contributed by atoms with Crippen molar-refractivity contribution in [2.24, 2.45) is 0 Å². The molecule has 1 atom stereocenters. The highest BCUT2D eigenvalue weighted by Gasteiger charge is 2.27. The lowest BCUT2D eigenvalue weighted by Crippen LogP contribution is -2.04. The number of nitro groups is 1. The lowest BCUT2D eigenvalue weighted by Gasteiger charge is -2.13. The molecule has 0 saturated heterocycles. The van der Waals surface area contributed by atoms with Crippen LogP contribution in [0.3, 0.4) is 0 Å². The van der Waals surface area contributed by atoms with E-state index in [-0.39, 0.29) is 15.8 Å². The maximum Gasteiger partial charge on any atom is 0.301 e. The molecule has 5 nitrogen and oxygen atoms in total. The van der Waals surface area contributed by atoms with Gasteiger partial charge in [0.2, 0.25) is 0 Å². The highest BCUT2D eigenvalue weighted by molar-refractivity contribution is 7.99. The van der Waals surface area contributed by atoms with E-state index in [1.807, 2.05) is 19.1 Å². The van der Waals surface area contributed by atoms with E-state index in [0.29, 0.717) is 9.92 Å². The smallest absolute Gasteiger partial charge is 0.258 e. The second kappa shape index (κ2) is 6.90. The van der Waals surface area contributed by atoms with Gasteiger partial charge in [-0.2, -0.15) is 0 Å². The molecule has 2 aromatic carbocycles. The Balaban J connectivity index is 2.44. The molecule has 0 bridgehead atoms. The number of hydrogen-bond donors (Lipinski definition) is 0. The number of rotatable bonds is 5. The van der Waals surface area contributed by atoms with E-state index >= 15 is 0 Å². The number of hydrogen-bond acceptors (Lipinski definition) is 5. The number of para-hydroxylation sites is 1. The third kappa shape index (κ3) is 4.25. The summed E-state index contributed by atoms with van der Waals surface area (Å²) in [6.07, 6.45) is 0.965. The minimum Gasteiger partial charge on any atom is -0.258 e. The van der Waals surface area contributed by atoms with Crippen molar-refractivity contribution in [3.05, 3.63) is 63.2 Å². The van der Waals surface area contributed by atoms with Crippen molar-refractivity contribution in [1.82, 2.24) is 0 Å². The Hall–Kier alpha value is -1.57. The molecule has 2 rings (SSSR count). The molecule has 0 fully saturated rings. The molecule has 0 radical (unpaired) electrons. The van der Waals surface area contributed by atoms with Crippen LogP contribution in [0.5, 0.6) is 0 Å². The molecule has 2 aromatic rings. The van der Waals surface area contributed by atoms with E-state index in [4.69, 9.17) is 11.6 Å². The van der Waals surface area contributed by atoms with Crippen LogP contribution >= 0.6 is 23.4 Å². The normalized spacial score (nSPS) is 12.8. The predicted octanol–water partition coefficient (Wildman–Crippen LogP) is 4.51. The number of benzene rings is 2. The van der Waals surface area contributed by atoms with Crippen LogP contribution in [0.2, 0.25) is 5.02 Å². The summed E-state index contributed by atoms with van der Waals surface area (Å²) in [5.41, 5.74) is 0.569. The third-order valence-electron chi connectivity index (χ3n) is 3.19. The second-order valence-electron chi connectivity index (χ2n) is 4.94. The summed E-state index contributed by atoms with van der Waals surface area (Å²) in [5, 5.41) is 11.9. The summed E-state index contributed by atoms with van der Waals surface area (Å²) in [4.78, 5) is 10.8. The van der Waals surface area contributed by atoms with Gasteiger partial charge >= 0.3 is 5.69 Å². The first-order valence-electron chi connectivity index (χ1n) is 6.59. The maximum atomic E-state index is 11.8.